The molecule has 1 aromatic rings. The minimum absolute atomic E-state index is 0.195. The molecule has 104 valence electrons. The molecule has 3 N–H and O–H groups in total. The summed E-state index contributed by atoms with van der Waals surface area (Å²) in [4.78, 5) is 13.1. The summed E-state index contributed by atoms with van der Waals surface area (Å²) in [5.74, 6) is -0.631. The molecule has 1 fully saturated rings. The van der Waals surface area contributed by atoms with Gasteiger partial charge in [-0.25, -0.2) is 4.39 Å². The fourth-order valence-corrected chi connectivity index (χ4v) is 2.40. The minimum atomic E-state index is -0.616. The molecule has 1 aromatic carbocycles. The predicted octanol–water partition coefficient (Wildman–Crippen LogP) is 1.13. The van der Waals surface area contributed by atoms with Gasteiger partial charge in [-0.05, 0) is 44.0 Å². The number of nitrogens with zero attached hydrogens (tertiary/aromatic N) is 1. The Labute approximate surface area is 112 Å². The highest BCUT2D eigenvalue weighted by molar-refractivity contribution is 5.92. The number of likely N-dealkylation sites (tertiary alicyclic amines) is 1. The second-order valence-corrected chi connectivity index (χ2v) is 5.07. The number of primary amides is 1. The van der Waals surface area contributed by atoms with E-state index in [0.29, 0.717) is 18.0 Å². The number of benzene rings is 1. The standard InChI is InChI=1S/C14H19FN2O2/c15-13-7-11(14(16)19)1-2-12(13)8-17-5-3-10(9-18)4-6-17/h1-2,7,10,18H,3-6,8-9H2,(H2,16,19). The molecule has 1 amide bonds. The molecular weight excluding hydrogens is 247 g/mol. The number of aliphatic hydroxyl groups is 1. The summed E-state index contributed by atoms with van der Waals surface area (Å²) in [5, 5.41) is 9.07. The van der Waals surface area contributed by atoms with Crippen LogP contribution in [-0.4, -0.2) is 35.6 Å². The lowest BCUT2D eigenvalue weighted by Crippen LogP contribution is -2.34. The first kappa shape index (κ1) is 14.0. The molecule has 1 heterocycles. The summed E-state index contributed by atoms with van der Waals surface area (Å²) in [6.07, 6.45) is 1.88. The van der Waals surface area contributed by atoms with Crippen molar-refractivity contribution in [1.82, 2.24) is 4.90 Å². The van der Waals surface area contributed by atoms with Crippen molar-refractivity contribution in [3.63, 3.8) is 0 Å². The summed E-state index contributed by atoms with van der Waals surface area (Å²) in [7, 11) is 0. The second-order valence-electron chi connectivity index (χ2n) is 5.07. The van der Waals surface area contributed by atoms with Crippen LogP contribution < -0.4 is 5.73 Å². The van der Waals surface area contributed by atoms with Crippen LogP contribution >= 0.6 is 0 Å². The number of rotatable bonds is 4. The minimum Gasteiger partial charge on any atom is -0.396 e. The van der Waals surface area contributed by atoms with Crippen molar-refractivity contribution in [2.45, 2.75) is 19.4 Å². The number of piperidine rings is 1. The fourth-order valence-electron chi connectivity index (χ4n) is 2.40. The number of halogens is 1. The SMILES string of the molecule is NC(=O)c1ccc(CN2CCC(CO)CC2)c(F)c1. The molecule has 0 aromatic heterocycles. The summed E-state index contributed by atoms with van der Waals surface area (Å²) in [5.41, 5.74) is 5.88. The summed E-state index contributed by atoms with van der Waals surface area (Å²) >= 11 is 0. The number of aliphatic hydroxyl groups excluding tert-OH is 1. The van der Waals surface area contributed by atoms with Gasteiger partial charge >= 0.3 is 0 Å². The lowest BCUT2D eigenvalue weighted by Gasteiger charge is -2.31. The van der Waals surface area contributed by atoms with E-state index in [4.69, 9.17) is 10.8 Å². The van der Waals surface area contributed by atoms with Crippen LogP contribution in [0.2, 0.25) is 0 Å². The number of hydrogen-bond donors (Lipinski definition) is 2. The third kappa shape index (κ3) is 3.52. The molecule has 2 rings (SSSR count). The zero-order chi connectivity index (χ0) is 13.8. The molecule has 0 bridgehead atoms. The van der Waals surface area contributed by atoms with Gasteiger partial charge in [0.25, 0.3) is 0 Å². The number of carbonyl (C=O) groups excluding carboxylic acids is 1. The highest BCUT2D eigenvalue weighted by atomic mass is 19.1. The van der Waals surface area contributed by atoms with E-state index in [-0.39, 0.29) is 18.0 Å². The Morgan fingerprint density at radius 1 is 1.42 bits per heavy atom. The van der Waals surface area contributed by atoms with Crippen LogP contribution in [0.3, 0.4) is 0 Å². The Kier molecular flexibility index (Phi) is 4.50. The molecule has 0 saturated carbocycles. The fraction of sp³-hybridized carbons (Fsp3) is 0.500. The Morgan fingerprint density at radius 2 is 2.11 bits per heavy atom. The monoisotopic (exact) mass is 266 g/mol. The highest BCUT2D eigenvalue weighted by Gasteiger charge is 2.19. The van der Waals surface area contributed by atoms with Gasteiger partial charge in [-0.1, -0.05) is 6.07 Å². The van der Waals surface area contributed by atoms with Gasteiger partial charge in [-0.3, -0.25) is 9.69 Å². The second kappa shape index (κ2) is 6.12. The lowest BCUT2D eigenvalue weighted by molar-refractivity contribution is 0.0999. The van der Waals surface area contributed by atoms with Crippen LogP contribution in [0, 0.1) is 11.7 Å². The van der Waals surface area contributed by atoms with Crippen molar-refractivity contribution in [2.75, 3.05) is 19.7 Å². The third-order valence-corrected chi connectivity index (χ3v) is 3.70. The largest absolute Gasteiger partial charge is 0.396 e. The van der Waals surface area contributed by atoms with Crippen LogP contribution in [0.15, 0.2) is 18.2 Å². The van der Waals surface area contributed by atoms with E-state index < -0.39 is 5.91 Å². The molecule has 0 aliphatic carbocycles. The van der Waals surface area contributed by atoms with Crippen molar-refractivity contribution in [3.05, 3.63) is 35.1 Å². The van der Waals surface area contributed by atoms with Gasteiger partial charge in [-0.15, -0.1) is 0 Å². The van der Waals surface area contributed by atoms with E-state index >= 15 is 0 Å². The smallest absolute Gasteiger partial charge is 0.248 e. The van der Waals surface area contributed by atoms with Gasteiger partial charge in [0, 0.05) is 24.3 Å². The molecule has 0 radical (unpaired) electrons. The van der Waals surface area contributed by atoms with Crippen molar-refractivity contribution in [3.8, 4) is 0 Å². The van der Waals surface area contributed by atoms with Gasteiger partial charge < -0.3 is 10.8 Å². The highest BCUT2D eigenvalue weighted by Crippen LogP contribution is 2.20. The van der Waals surface area contributed by atoms with E-state index in [1.165, 1.54) is 6.07 Å². The average Bonchev–Trinajstić information content (AvgIpc) is 2.41. The van der Waals surface area contributed by atoms with Gasteiger partial charge in [0.1, 0.15) is 5.82 Å². The van der Waals surface area contributed by atoms with Gasteiger partial charge in [0.05, 0.1) is 0 Å². The molecule has 0 atom stereocenters. The third-order valence-electron chi connectivity index (χ3n) is 3.70. The molecular formula is C14H19FN2O2. The van der Waals surface area contributed by atoms with Crippen LogP contribution in [-0.2, 0) is 6.54 Å². The van der Waals surface area contributed by atoms with Crippen molar-refractivity contribution in [1.29, 1.82) is 0 Å². The Balaban J connectivity index is 1.98. The first-order chi connectivity index (χ1) is 9.10. The van der Waals surface area contributed by atoms with Gasteiger partial charge in [0.2, 0.25) is 5.91 Å². The van der Waals surface area contributed by atoms with E-state index in [2.05, 4.69) is 4.90 Å². The number of amides is 1. The molecule has 1 saturated heterocycles. The summed E-state index contributed by atoms with van der Waals surface area (Å²) in [6.45, 7) is 2.49. The molecule has 4 nitrogen and oxygen atoms in total. The zero-order valence-electron chi connectivity index (χ0n) is 10.8. The Bertz CT molecular complexity index is 457. The van der Waals surface area contributed by atoms with Gasteiger partial charge in [0.15, 0.2) is 0 Å². The van der Waals surface area contributed by atoms with Crippen LogP contribution in [0.4, 0.5) is 4.39 Å². The molecule has 19 heavy (non-hydrogen) atoms. The zero-order valence-corrected chi connectivity index (χ0v) is 10.8. The van der Waals surface area contributed by atoms with Crippen LogP contribution in [0.5, 0.6) is 0 Å². The maximum Gasteiger partial charge on any atom is 0.248 e. The van der Waals surface area contributed by atoms with Crippen LogP contribution in [0.1, 0.15) is 28.8 Å². The normalized spacial score (nSPS) is 17.6. The van der Waals surface area contributed by atoms with Gasteiger partial charge in [-0.2, -0.15) is 0 Å². The van der Waals surface area contributed by atoms with E-state index in [0.717, 1.165) is 25.9 Å². The predicted molar refractivity (Wildman–Crippen MR) is 70.0 cm³/mol. The average molecular weight is 266 g/mol. The molecule has 0 spiro atoms. The maximum atomic E-state index is 13.8. The molecule has 0 unspecified atom stereocenters. The van der Waals surface area contributed by atoms with E-state index in [1.54, 1.807) is 12.1 Å². The molecule has 1 aliphatic heterocycles. The topological polar surface area (TPSA) is 66.6 Å². The lowest BCUT2D eigenvalue weighted by atomic mass is 9.97. The van der Waals surface area contributed by atoms with E-state index in [9.17, 15) is 9.18 Å². The summed E-state index contributed by atoms with van der Waals surface area (Å²) in [6, 6.07) is 4.37. The molecule has 1 aliphatic rings. The molecule has 5 heteroatoms. The van der Waals surface area contributed by atoms with Crippen molar-refractivity contribution < 1.29 is 14.3 Å². The number of hydrogen-bond acceptors (Lipinski definition) is 3. The number of nitrogens with two attached hydrogens (primary N) is 1. The van der Waals surface area contributed by atoms with Crippen molar-refractivity contribution >= 4 is 5.91 Å². The first-order valence-corrected chi connectivity index (χ1v) is 6.51. The number of carbonyl (C=O) groups is 1. The van der Waals surface area contributed by atoms with E-state index in [1.807, 2.05) is 0 Å². The first-order valence-electron chi connectivity index (χ1n) is 6.51. The quantitative estimate of drug-likeness (QED) is 0.858. The Hall–Kier alpha value is -1.46. The van der Waals surface area contributed by atoms with Crippen LogP contribution in [0.25, 0.3) is 0 Å². The Morgan fingerprint density at radius 3 is 2.63 bits per heavy atom. The summed E-state index contributed by atoms with van der Waals surface area (Å²) < 4.78 is 13.8. The van der Waals surface area contributed by atoms with Crippen molar-refractivity contribution in [2.24, 2.45) is 11.7 Å². The maximum absolute atomic E-state index is 13.8.